The fraction of sp³-hybridized carbons (Fsp3) is 0.0952. The van der Waals surface area contributed by atoms with Crippen molar-refractivity contribution in [3.63, 3.8) is 0 Å². The molecule has 2 aromatic carbocycles. The number of amides is 1. The Morgan fingerprint density at radius 1 is 0.844 bits per heavy atom. The molecule has 11 heteroatoms. The lowest BCUT2D eigenvalue weighted by molar-refractivity contribution is 0.101. The summed E-state index contributed by atoms with van der Waals surface area (Å²) in [7, 11) is 0. The summed E-state index contributed by atoms with van der Waals surface area (Å²) in [5, 5.41) is 13.1. The van der Waals surface area contributed by atoms with E-state index in [1.165, 1.54) is 4.68 Å². The largest absolute Gasteiger partial charge is 0.468 e. The van der Waals surface area contributed by atoms with E-state index in [-0.39, 0.29) is 12.4 Å². The maximum absolute atomic E-state index is 12.5. The molecule has 1 amide bonds. The lowest BCUT2D eigenvalue weighted by Crippen LogP contribution is -2.15. The highest BCUT2D eigenvalue weighted by atomic mass is 35.5. The fourth-order valence-electron chi connectivity index (χ4n) is 2.85. The molecule has 0 spiro atoms. The quantitative estimate of drug-likeness (QED) is 0.329. The first-order valence-corrected chi connectivity index (χ1v) is 10.8. The van der Waals surface area contributed by atoms with Crippen molar-refractivity contribution in [3.8, 4) is 5.75 Å². The van der Waals surface area contributed by atoms with Gasteiger partial charge in [-0.2, -0.15) is 10.2 Å². The summed E-state index contributed by atoms with van der Waals surface area (Å²) in [4.78, 5) is 12.5. The molecule has 164 valence electrons. The number of halogens is 4. The SMILES string of the molecule is O=C(Nc1ccn(Cc2c(Cl)cccc2Cl)n1)c1ccn(COc2c(Cl)cccc2Cl)n1. The standard InChI is InChI=1S/C21H15Cl4N5O2/c22-14-3-1-4-15(23)13(14)11-29-10-8-19(28-29)26-21(31)18-7-9-30(27-18)12-32-20-16(24)5-2-6-17(20)25/h1-10H,11-12H2,(H,26,28,31). The molecule has 0 aliphatic rings. The number of anilines is 1. The summed E-state index contributed by atoms with van der Waals surface area (Å²) < 4.78 is 8.69. The van der Waals surface area contributed by atoms with Gasteiger partial charge in [0.2, 0.25) is 0 Å². The normalized spacial score (nSPS) is 10.9. The minimum absolute atomic E-state index is 0.0317. The van der Waals surface area contributed by atoms with E-state index >= 15 is 0 Å². The predicted octanol–water partition coefficient (Wildman–Crippen LogP) is 6.03. The molecule has 0 atom stereocenters. The second-order valence-electron chi connectivity index (χ2n) is 6.62. The summed E-state index contributed by atoms with van der Waals surface area (Å²) in [5.74, 6) is 0.300. The first kappa shape index (κ1) is 22.5. The zero-order chi connectivity index (χ0) is 22.7. The maximum atomic E-state index is 12.5. The molecule has 0 saturated heterocycles. The molecular weight excluding hydrogens is 496 g/mol. The van der Waals surface area contributed by atoms with Crippen LogP contribution in [-0.4, -0.2) is 25.5 Å². The van der Waals surface area contributed by atoms with Crippen LogP contribution in [0.15, 0.2) is 60.9 Å². The van der Waals surface area contributed by atoms with Crippen LogP contribution >= 0.6 is 46.4 Å². The van der Waals surface area contributed by atoms with E-state index in [1.54, 1.807) is 65.6 Å². The van der Waals surface area contributed by atoms with Crippen molar-refractivity contribution in [3.05, 3.63) is 92.3 Å². The molecule has 2 aromatic heterocycles. The number of rotatable bonds is 7. The first-order valence-electron chi connectivity index (χ1n) is 9.28. The summed E-state index contributed by atoms with van der Waals surface area (Å²) in [6.45, 7) is 0.398. The molecule has 7 nitrogen and oxygen atoms in total. The minimum Gasteiger partial charge on any atom is -0.468 e. The lowest BCUT2D eigenvalue weighted by Gasteiger charge is -2.09. The molecule has 4 aromatic rings. The summed E-state index contributed by atoms with van der Waals surface area (Å²) in [6.07, 6.45) is 3.33. The van der Waals surface area contributed by atoms with Crippen LogP contribution in [0.1, 0.15) is 16.1 Å². The zero-order valence-corrected chi connectivity index (χ0v) is 19.3. The minimum atomic E-state index is -0.416. The highest BCUT2D eigenvalue weighted by molar-refractivity contribution is 6.37. The summed E-state index contributed by atoms with van der Waals surface area (Å²) in [6, 6.07) is 13.6. The van der Waals surface area contributed by atoms with Crippen LogP contribution in [-0.2, 0) is 13.3 Å². The maximum Gasteiger partial charge on any atom is 0.277 e. The van der Waals surface area contributed by atoms with Crippen LogP contribution in [0.5, 0.6) is 5.75 Å². The van der Waals surface area contributed by atoms with Crippen molar-refractivity contribution in [2.24, 2.45) is 0 Å². The molecule has 32 heavy (non-hydrogen) atoms. The van der Waals surface area contributed by atoms with Crippen molar-refractivity contribution in [1.82, 2.24) is 19.6 Å². The number of nitrogens with zero attached hydrogens (tertiary/aromatic N) is 4. The van der Waals surface area contributed by atoms with Gasteiger partial charge in [0.05, 0.1) is 16.6 Å². The van der Waals surface area contributed by atoms with E-state index in [9.17, 15) is 4.79 Å². The average Bonchev–Trinajstić information content (AvgIpc) is 3.40. The number of carbonyl (C=O) groups excluding carboxylic acids is 1. The van der Waals surface area contributed by atoms with Crippen LogP contribution in [0.3, 0.4) is 0 Å². The van der Waals surface area contributed by atoms with Crippen LogP contribution in [0, 0.1) is 0 Å². The van der Waals surface area contributed by atoms with Crippen molar-refractivity contribution < 1.29 is 9.53 Å². The monoisotopic (exact) mass is 509 g/mol. The number of ether oxygens (including phenoxy) is 1. The molecule has 0 unspecified atom stereocenters. The van der Waals surface area contributed by atoms with E-state index < -0.39 is 5.91 Å². The van der Waals surface area contributed by atoms with Gasteiger partial charge in [-0.15, -0.1) is 0 Å². The molecule has 0 fully saturated rings. The summed E-state index contributed by atoms with van der Waals surface area (Å²) in [5.41, 5.74) is 0.941. The van der Waals surface area contributed by atoms with Crippen LogP contribution in [0.4, 0.5) is 5.82 Å². The van der Waals surface area contributed by atoms with E-state index in [0.717, 1.165) is 5.56 Å². The van der Waals surface area contributed by atoms with E-state index in [0.29, 0.717) is 38.2 Å². The number of hydrogen-bond donors (Lipinski definition) is 1. The number of carbonyl (C=O) groups is 1. The molecule has 0 saturated carbocycles. The van der Waals surface area contributed by atoms with Gasteiger partial charge < -0.3 is 10.1 Å². The van der Waals surface area contributed by atoms with Gasteiger partial charge in [0.1, 0.15) is 0 Å². The number of para-hydroxylation sites is 1. The Morgan fingerprint density at radius 2 is 1.47 bits per heavy atom. The van der Waals surface area contributed by atoms with Gasteiger partial charge in [0.15, 0.2) is 24.0 Å². The van der Waals surface area contributed by atoms with Gasteiger partial charge in [-0.1, -0.05) is 58.5 Å². The molecule has 2 heterocycles. The second kappa shape index (κ2) is 9.83. The van der Waals surface area contributed by atoms with Crippen molar-refractivity contribution >= 4 is 58.1 Å². The third-order valence-electron chi connectivity index (χ3n) is 4.40. The number of nitrogens with one attached hydrogen (secondary N) is 1. The molecular formula is C21H15Cl4N5O2. The predicted molar refractivity (Wildman–Crippen MR) is 125 cm³/mol. The van der Waals surface area contributed by atoms with Gasteiger partial charge in [0.25, 0.3) is 5.91 Å². The Bertz CT molecular complexity index is 1230. The lowest BCUT2D eigenvalue weighted by atomic mass is 10.2. The number of hydrogen-bond acceptors (Lipinski definition) is 4. The van der Waals surface area contributed by atoms with Crippen LogP contribution in [0.25, 0.3) is 0 Å². The smallest absolute Gasteiger partial charge is 0.277 e. The Kier molecular flexibility index (Phi) is 6.91. The number of aromatic nitrogens is 4. The third-order valence-corrected chi connectivity index (χ3v) is 5.70. The van der Waals surface area contributed by atoms with Crippen molar-refractivity contribution in [2.45, 2.75) is 13.3 Å². The fourth-order valence-corrected chi connectivity index (χ4v) is 3.87. The van der Waals surface area contributed by atoms with Gasteiger partial charge in [0, 0.05) is 34.1 Å². The Labute approximate surface area is 203 Å². The van der Waals surface area contributed by atoms with E-state index in [4.69, 9.17) is 51.1 Å². The van der Waals surface area contributed by atoms with Gasteiger partial charge in [-0.25, -0.2) is 4.68 Å². The highest BCUT2D eigenvalue weighted by Crippen LogP contribution is 2.32. The Balaban J connectivity index is 1.37. The third kappa shape index (κ3) is 5.19. The van der Waals surface area contributed by atoms with Gasteiger partial charge >= 0.3 is 0 Å². The molecule has 1 N–H and O–H groups in total. The van der Waals surface area contributed by atoms with Crippen LogP contribution < -0.4 is 10.1 Å². The topological polar surface area (TPSA) is 74.0 Å². The van der Waals surface area contributed by atoms with Gasteiger partial charge in [-0.3, -0.25) is 9.48 Å². The van der Waals surface area contributed by atoms with Crippen molar-refractivity contribution in [2.75, 3.05) is 5.32 Å². The summed E-state index contributed by atoms with van der Waals surface area (Å²) >= 11 is 24.6. The Morgan fingerprint density at radius 3 is 2.16 bits per heavy atom. The molecule has 0 aliphatic carbocycles. The van der Waals surface area contributed by atoms with Crippen LogP contribution in [0.2, 0.25) is 20.1 Å². The molecule has 0 radical (unpaired) electrons. The van der Waals surface area contributed by atoms with Crippen molar-refractivity contribution in [1.29, 1.82) is 0 Å². The molecule has 0 bridgehead atoms. The van der Waals surface area contributed by atoms with Gasteiger partial charge in [-0.05, 0) is 30.3 Å². The average molecular weight is 511 g/mol. The molecule has 4 rings (SSSR count). The highest BCUT2D eigenvalue weighted by Gasteiger charge is 2.13. The van der Waals surface area contributed by atoms with E-state index in [1.807, 2.05) is 0 Å². The number of benzene rings is 2. The zero-order valence-electron chi connectivity index (χ0n) is 16.3. The van der Waals surface area contributed by atoms with E-state index in [2.05, 4.69) is 15.5 Å². The first-order chi connectivity index (χ1) is 15.4. The Hall–Kier alpha value is -2.71. The second-order valence-corrected chi connectivity index (χ2v) is 8.25. The molecule has 0 aliphatic heterocycles.